The third-order valence-electron chi connectivity index (χ3n) is 7.46. The predicted molar refractivity (Wildman–Crippen MR) is 114 cm³/mol. The van der Waals surface area contributed by atoms with Gasteiger partial charge in [-0.2, -0.15) is 0 Å². The Balaban J connectivity index is 1.79. The van der Waals surface area contributed by atoms with Gasteiger partial charge in [0.1, 0.15) is 11.9 Å². The van der Waals surface area contributed by atoms with Gasteiger partial charge in [-0.25, -0.2) is 0 Å². The van der Waals surface area contributed by atoms with Gasteiger partial charge in [-0.05, 0) is 61.3 Å². The lowest BCUT2D eigenvalue weighted by atomic mass is 9.60. The molecule has 1 aliphatic heterocycles. The molecule has 2 aliphatic carbocycles. The van der Waals surface area contributed by atoms with Crippen LogP contribution in [0.15, 0.2) is 23.8 Å². The van der Waals surface area contributed by atoms with Gasteiger partial charge >= 0.3 is 5.97 Å². The zero-order valence-electron chi connectivity index (χ0n) is 18.5. The van der Waals surface area contributed by atoms with E-state index >= 15 is 0 Å². The summed E-state index contributed by atoms with van der Waals surface area (Å²) < 4.78 is 5.48. The second-order valence-electron chi connectivity index (χ2n) is 9.59. The first-order valence-electron chi connectivity index (χ1n) is 11.6. The molecule has 3 aliphatic rings. The van der Waals surface area contributed by atoms with E-state index in [1.54, 1.807) is 0 Å². The number of carbonyl (C=O) groups is 2. The van der Waals surface area contributed by atoms with Crippen LogP contribution in [-0.2, 0) is 14.3 Å². The molecule has 0 aromatic heterocycles. The number of aliphatic hydroxyl groups is 1. The van der Waals surface area contributed by atoms with E-state index < -0.39 is 6.10 Å². The molecule has 0 aromatic rings. The van der Waals surface area contributed by atoms with Crippen molar-refractivity contribution in [3.05, 3.63) is 23.8 Å². The second-order valence-corrected chi connectivity index (χ2v) is 9.59. The number of ketones is 1. The van der Waals surface area contributed by atoms with Gasteiger partial charge in [-0.3, -0.25) is 9.59 Å². The van der Waals surface area contributed by atoms with Crippen molar-refractivity contribution in [3.63, 3.8) is 0 Å². The van der Waals surface area contributed by atoms with E-state index in [1.807, 2.05) is 0 Å². The van der Waals surface area contributed by atoms with Crippen LogP contribution in [0.2, 0.25) is 0 Å². The summed E-state index contributed by atoms with van der Waals surface area (Å²) >= 11 is 0. The molecule has 0 amide bonds. The number of aliphatic hydroxyl groups excluding tert-OH is 1. The van der Waals surface area contributed by atoms with Crippen molar-refractivity contribution in [1.29, 1.82) is 0 Å². The molecule has 4 nitrogen and oxygen atoms in total. The Morgan fingerprint density at radius 1 is 1.21 bits per heavy atom. The van der Waals surface area contributed by atoms with E-state index in [9.17, 15) is 14.7 Å². The predicted octanol–water partition coefficient (Wildman–Crippen LogP) is 4.86. The van der Waals surface area contributed by atoms with Crippen LogP contribution in [0, 0.1) is 35.5 Å². The topological polar surface area (TPSA) is 63.6 Å². The quantitative estimate of drug-likeness (QED) is 0.618. The van der Waals surface area contributed by atoms with Crippen LogP contribution in [0.3, 0.4) is 0 Å². The Kier molecular flexibility index (Phi) is 7.37. The maximum absolute atomic E-state index is 13.5. The minimum absolute atomic E-state index is 0.0896. The summed E-state index contributed by atoms with van der Waals surface area (Å²) in [5, 5.41) is 9.92. The van der Waals surface area contributed by atoms with Crippen molar-refractivity contribution in [3.8, 4) is 0 Å². The second kappa shape index (κ2) is 9.59. The fourth-order valence-corrected chi connectivity index (χ4v) is 5.88. The molecule has 29 heavy (non-hydrogen) atoms. The smallest absolute Gasteiger partial charge is 0.308 e. The van der Waals surface area contributed by atoms with Crippen molar-refractivity contribution in [2.75, 3.05) is 0 Å². The minimum Gasteiger partial charge on any atom is -0.462 e. The SMILES string of the molecule is CCC(CC)C(=O)[C@H]1C[C@@H](C)C=C2C=C[C@H](C)[C@H](CC[C@@H]3C[C@@H](O)CC(=O)O3)[C@H]21. The Hall–Kier alpha value is -1.42. The van der Waals surface area contributed by atoms with Gasteiger partial charge in [0.25, 0.3) is 0 Å². The largest absolute Gasteiger partial charge is 0.462 e. The van der Waals surface area contributed by atoms with Crippen LogP contribution >= 0.6 is 0 Å². The lowest BCUT2D eigenvalue weighted by Gasteiger charge is -2.44. The van der Waals surface area contributed by atoms with Crippen LogP contribution in [0.1, 0.15) is 72.6 Å². The van der Waals surface area contributed by atoms with Crippen molar-refractivity contribution in [2.24, 2.45) is 35.5 Å². The molecule has 1 fully saturated rings. The van der Waals surface area contributed by atoms with E-state index in [-0.39, 0.29) is 36.2 Å². The highest BCUT2D eigenvalue weighted by molar-refractivity contribution is 5.84. The van der Waals surface area contributed by atoms with Crippen LogP contribution in [0.4, 0.5) is 0 Å². The Morgan fingerprint density at radius 2 is 1.93 bits per heavy atom. The fourth-order valence-electron chi connectivity index (χ4n) is 5.88. The number of cyclic esters (lactones) is 1. The molecule has 0 bridgehead atoms. The number of fused-ring (bicyclic) bond motifs is 1. The van der Waals surface area contributed by atoms with E-state index in [0.717, 1.165) is 32.1 Å². The molecular formula is C25H38O4. The average Bonchev–Trinajstić information content (AvgIpc) is 2.67. The summed E-state index contributed by atoms with van der Waals surface area (Å²) in [5.74, 6) is 1.87. The number of Topliss-reactive ketones (excluding diaryl/α,β-unsaturated/α-hetero) is 1. The molecule has 162 valence electrons. The van der Waals surface area contributed by atoms with E-state index in [1.165, 1.54) is 5.57 Å². The standard InChI is InChI=1S/C25H38O4/c1-5-17(6-2)25(28)22-12-15(3)11-18-8-7-16(4)21(24(18)22)10-9-20-13-19(26)14-23(27)29-20/h7-8,11,15-17,19-22,24,26H,5-6,9-10,12-14H2,1-4H3/t15-,16-,19+,20+,21-,22-,24-/m0/s1. The van der Waals surface area contributed by atoms with Gasteiger partial charge in [0.2, 0.25) is 0 Å². The van der Waals surface area contributed by atoms with Gasteiger partial charge in [-0.15, -0.1) is 0 Å². The highest BCUT2D eigenvalue weighted by atomic mass is 16.5. The number of hydrogen-bond donors (Lipinski definition) is 1. The number of hydrogen-bond acceptors (Lipinski definition) is 4. The number of rotatable bonds is 7. The monoisotopic (exact) mass is 402 g/mol. The zero-order chi connectivity index (χ0) is 21.1. The minimum atomic E-state index is -0.583. The van der Waals surface area contributed by atoms with Crippen molar-refractivity contribution < 1.29 is 19.4 Å². The van der Waals surface area contributed by atoms with Crippen LogP contribution in [-0.4, -0.2) is 29.1 Å². The number of ether oxygens (including phenoxy) is 1. The van der Waals surface area contributed by atoms with Crippen molar-refractivity contribution in [2.45, 2.75) is 84.8 Å². The molecule has 1 saturated heterocycles. The summed E-state index contributed by atoms with van der Waals surface area (Å²) in [6, 6.07) is 0. The van der Waals surface area contributed by atoms with Crippen molar-refractivity contribution >= 4 is 11.8 Å². The molecule has 7 atom stereocenters. The lowest BCUT2D eigenvalue weighted by Crippen LogP contribution is -2.41. The molecule has 1 N–H and O–H groups in total. The fraction of sp³-hybridized carbons (Fsp3) is 0.760. The number of allylic oxidation sites excluding steroid dienone is 4. The molecule has 3 rings (SSSR count). The molecule has 0 radical (unpaired) electrons. The molecule has 0 saturated carbocycles. The molecule has 0 spiro atoms. The van der Waals surface area contributed by atoms with Gasteiger partial charge in [0, 0.05) is 18.3 Å². The number of esters is 1. The van der Waals surface area contributed by atoms with Crippen molar-refractivity contribution in [1.82, 2.24) is 0 Å². The summed E-state index contributed by atoms with van der Waals surface area (Å²) in [6.45, 7) is 8.72. The molecule has 0 aromatic carbocycles. The summed E-state index contributed by atoms with van der Waals surface area (Å²) in [4.78, 5) is 25.1. The molecular weight excluding hydrogens is 364 g/mol. The first-order valence-corrected chi connectivity index (χ1v) is 11.6. The van der Waals surface area contributed by atoms with E-state index in [2.05, 4.69) is 45.9 Å². The molecule has 4 heteroatoms. The first kappa shape index (κ1) is 22.3. The highest BCUT2D eigenvalue weighted by Gasteiger charge is 2.43. The Labute approximate surface area is 175 Å². The number of carbonyl (C=O) groups excluding carboxylic acids is 2. The first-order chi connectivity index (χ1) is 13.8. The summed E-state index contributed by atoms with van der Waals surface area (Å²) in [6.07, 6.45) is 11.2. The average molecular weight is 403 g/mol. The molecule has 0 unspecified atom stereocenters. The lowest BCUT2D eigenvalue weighted by molar-refractivity contribution is -0.160. The van der Waals surface area contributed by atoms with Gasteiger partial charge in [0.05, 0.1) is 12.5 Å². The normalized spacial score (nSPS) is 37.1. The van der Waals surface area contributed by atoms with Gasteiger partial charge in [0.15, 0.2) is 0 Å². The summed E-state index contributed by atoms with van der Waals surface area (Å²) in [5.41, 5.74) is 1.33. The Morgan fingerprint density at radius 3 is 2.59 bits per heavy atom. The maximum atomic E-state index is 13.5. The van der Waals surface area contributed by atoms with Crippen LogP contribution < -0.4 is 0 Å². The highest BCUT2D eigenvalue weighted by Crippen LogP contribution is 2.48. The Bertz CT molecular complexity index is 660. The van der Waals surface area contributed by atoms with Crippen LogP contribution in [0.5, 0.6) is 0 Å². The van der Waals surface area contributed by atoms with Gasteiger partial charge in [-0.1, -0.05) is 45.9 Å². The summed E-state index contributed by atoms with van der Waals surface area (Å²) in [7, 11) is 0. The van der Waals surface area contributed by atoms with E-state index in [0.29, 0.717) is 30.0 Å². The zero-order valence-corrected chi connectivity index (χ0v) is 18.5. The third-order valence-corrected chi connectivity index (χ3v) is 7.46. The third kappa shape index (κ3) is 5.02. The maximum Gasteiger partial charge on any atom is 0.308 e. The van der Waals surface area contributed by atoms with Crippen LogP contribution in [0.25, 0.3) is 0 Å². The van der Waals surface area contributed by atoms with E-state index in [4.69, 9.17) is 4.74 Å². The van der Waals surface area contributed by atoms with Gasteiger partial charge < -0.3 is 9.84 Å². The molecule has 1 heterocycles.